The predicted molar refractivity (Wildman–Crippen MR) is 52.9 cm³/mol. The standard InChI is InChI=1S/C11H12N2/c1-7-2-3-8-6-13-11-10(8)9(7)4-5-12-11/h2-5,11-13H,6H2,1H3. The Morgan fingerprint density at radius 1 is 1.38 bits per heavy atom. The van der Waals surface area contributed by atoms with Crippen molar-refractivity contribution in [2.45, 2.75) is 19.6 Å². The highest BCUT2D eigenvalue weighted by molar-refractivity contribution is 5.63. The summed E-state index contributed by atoms with van der Waals surface area (Å²) in [4.78, 5) is 0. The predicted octanol–water partition coefficient (Wildman–Crippen LogP) is 1.67. The van der Waals surface area contributed by atoms with Gasteiger partial charge >= 0.3 is 0 Å². The van der Waals surface area contributed by atoms with Crippen molar-refractivity contribution < 1.29 is 0 Å². The molecule has 0 radical (unpaired) electrons. The molecule has 2 nitrogen and oxygen atoms in total. The number of nitrogens with one attached hydrogen (secondary N) is 2. The number of benzene rings is 1. The Kier molecular flexibility index (Phi) is 1.30. The van der Waals surface area contributed by atoms with Crippen LogP contribution in [0.2, 0.25) is 0 Å². The monoisotopic (exact) mass is 172 g/mol. The molecule has 66 valence electrons. The Hall–Kier alpha value is -1.28. The molecule has 13 heavy (non-hydrogen) atoms. The summed E-state index contributed by atoms with van der Waals surface area (Å²) in [6.07, 6.45) is 4.54. The second-order valence-corrected chi connectivity index (χ2v) is 3.68. The Morgan fingerprint density at radius 3 is 3.23 bits per heavy atom. The minimum atomic E-state index is 0.342. The Balaban J connectivity index is 2.33. The van der Waals surface area contributed by atoms with Crippen molar-refractivity contribution in [3.8, 4) is 0 Å². The lowest BCUT2D eigenvalue weighted by Crippen LogP contribution is -2.27. The van der Waals surface area contributed by atoms with E-state index in [1.165, 1.54) is 22.3 Å². The average molecular weight is 172 g/mol. The molecule has 0 bridgehead atoms. The maximum Gasteiger partial charge on any atom is 0.104 e. The third-order valence-electron chi connectivity index (χ3n) is 2.89. The molecule has 1 unspecified atom stereocenters. The van der Waals surface area contributed by atoms with E-state index >= 15 is 0 Å². The van der Waals surface area contributed by atoms with Crippen LogP contribution in [-0.4, -0.2) is 0 Å². The van der Waals surface area contributed by atoms with Crippen molar-refractivity contribution in [1.82, 2.24) is 10.6 Å². The van der Waals surface area contributed by atoms with Gasteiger partial charge in [0.15, 0.2) is 0 Å². The van der Waals surface area contributed by atoms with Crippen LogP contribution >= 0.6 is 0 Å². The molecule has 0 saturated heterocycles. The molecule has 0 saturated carbocycles. The van der Waals surface area contributed by atoms with Crippen molar-refractivity contribution in [2.75, 3.05) is 0 Å². The number of rotatable bonds is 0. The average Bonchev–Trinajstić information content (AvgIpc) is 2.57. The van der Waals surface area contributed by atoms with E-state index in [0.717, 1.165) is 6.54 Å². The topological polar surface area (TPSA) is 24.1 Å². The summed E-state index contributed by atoms with van der Waals surface area (Å²) in [7, 11) is 0. The van der Waals surface area contributed by atoms with Crippen LogP contribution in [0.25, 0.3) is 6.08 Å². The van der Waals surface area contributed by atoms with E-state index in [4.69, 9.17) is 0 Å². The van der Waals surface area contributed by atoms with Crippen molar-refractivity contribution in [3.63, 3.8) is 0 Å². The fourth-order valence-electron chi connectivity index (χ4n) is 2.19. The molecule has 1 aromatic carbocycles. The Bertz CT molecular complexity index is 393. The first kappa shape index (κ1) is 7.15. The van der Waals surface area contributed by atoms with E-state index in [1.54, 1.807) is 0 Å². The summed E-state index contributed by atoms with van der Waals surface area (Å²) >= 11 is 0. The fraction of sp³-hybridized carbons (Fsp3) is 0.273. The zero-order valence-corrected chi connectivity index (χ0v) is 7.59. The van der Waals surface area contributed by atoms with E-state index in [-0.39, 0.29) is 0 Å². The van der Waals surface area contributed by atoms with Gasteiger partial charge in [-0.05, 0) is 35.9 Å². The Labute approximate surface area is 77.7 Å². The van der Waals surface area contributed by atoms with Crippen LogP contribution in [0.1, 0.15) is 28.4 Å². The lowest BCUT2D eigenvalue weighted by molar-refractivity contribution is 0.531. The van der Waals surface area contributed by atoms with E-state index in [0.29, 0.717) is 6.17 Å². The molecular weight excluding hydrogens is 160 g/mol. The summed E-state index contributed by atoms with van der Waals surface area (Å²) < 4.78 is 0. The van der Waals surface area contributed by atoms with Gasteiger partial charge in [0.1, 0.15) is 6.17 Å². The molecule has 0 aliphatic carbocycles. The zero-order chi connectivity index (χ0) is 8.84. The van der Waals surface area contributed by atoms with Gasteiger partial charge < -0.3 is 5.32 Å². The highest BCUT2D eigenvalue weighted by Crippen LogP contribution is 2.32. The maximum absolute atomic E-state index is 3.43. The van der Waals surface area contributed by atoms with Gasteiger partial charge in [-0.2, -0.15) is 0 Å². The number of hydrogen-bond acceptors (Lipinski definition) is 2. The maximum atomic E-state index is 3.43. The van der Waals surface area contributed by atoms with Crippen LogP contribution in [0.5, 0.6) is 0 Å². The van der Waals surface area contributed by atoms with Crippen LogP contribution in [0.4, 0.5) is 0 Å². The molecular formula is C11H12N2. The van der Waals surface area contributed by atoms with Crippen LogP contribution in [0.15, 0.2) is 18.3 Å². The van der Waals surface area contributed by atoms with Gasteiger partial charge in [-0.15, -0.1) is 0 Å². The molecule has 0 aromatic heterocycles. The molecule has 1 aromatic rings. The summed E-state index contributed by atoms with van der Waals surface area (Å²) in [6, 6.07) is 4.43. The van der Waals surface area contributed by atoms with Crippen LogP contribution < -0.4 is 10.6 Å². The van der Waals surface area contributed by atoms with E-state index in [1.807, 2.05) is 6.20 Å². The summed E-state index contributed by atoms with van der Waals surface area (Å²) in [5.74, 6) is 0. The lowest BCUT2D eigenvalue weighted by Gasteiger charge is -2.20. The third-order valence-corrected chi connectivity index (χ3v) is 2.89. The van der Waals surface area contributed by atoms with Gasteiger partial charge in [-0.1, -0.05) is 12.1 Å². The van der Waals surface area contributed by atoms with Crippen LogP contribution in [0.3, 0.4) is 0 Å². The summed E-state index contributed by atoms with van der Waals surface area (Å²) in [6.45, 7) is 3.16. The van der Waals surface area contributed by atoms with Gasteiger partial charge in [0.05, 0.1) is 0 Å². The largest absolute Gasteiger partial charge is 0.372 e. The molecule has 0 spiro atoms. The third kappa shape index (κ3) is 0.864. The highest BCUT2D eigenvalue weighted by atomic mass is 15.1. The van der Waals surface area contributed by atoms with Crippen LogP contribution in [-0.2, 0) is 6.54 Å². The minimum Gasteiger partial charge on any atom is -0.372 e. The molecule has 1 atom stereocenters. The first-order chi connectivity index (χ1) is 6.36. The molecule has 2 heteroatoms. The van der Waals surface area contributed by atoms with Crippen molar-refractivity contribution in [1.29, 1.82) is 0 Å². The smallest absolute Gasteiger partial charge is 0.104 e. The summed E-state index contributed by atoms with van der Waals surface area (Å²) in [5, 5.41) is 6.74. The first-order valence-electron chi connectivity index (χ1n) is 4.64. The van der Waals surface area contributed by atoms with Gasteiger partial charge in [-0.25, -0.2) is 0 Å². The molecule has 3 rings (SSSR count). The zero-order valence-electron chi connectivity index (χ0n) is 7.59. The van der Waals surface area contributed by atoms with E-state index in [9.17, 15) is 0 Å². The van der Waals surface area contributed by atoms with Gasteiger partial charge in [0, 0.05) is 12.1 Å². The van der Waals surface area contributed by atoms with Gasteiger partial charge in [0.2, 0.25) is 0 Å². The molecule has 0 amide bonds. The van der Waals surface area contributed by atoms with E-state index < -0.39 is 0 Å². The lowest BCUT2D eigenvalue weighted by atomic mass is 9.95. The molecule has 2 N–H and O–H groups in total. The highest BCUT2D eigenvalue weighted by Gasteiger charge is 2.25. The second-order valence-electron chi connectivity index (χ2n) is 3.68. The van der Waals surface area contributed by atoms with Gasteiger partial charge in [0.25, 0.3) is 0 Å². The van der Waals surface area contributed by atoms with Crippen LogP contribution in [0, 0.1) is 6.92 Å². The Morgan fingerprint density at radius 2 is 2.31 bits per heavy atom. The molecule has 0 fully saturated rings. The number of aryl methyl sites for hydroxylation is 1. The normalized spacial score (nSPS) is 22.7. The van der Waals surface area contributed by atoms with Crippen molar-refractivity contribution in [2.24, 2.45) is 0 Å². The molecule has 2 heterocycles. The first-order valence-corrected chi connectivity index (χ1v) is 4.64. The van der Waals surface area contributed by atoms with E-state index in [2.05, 4.69) is 35.8 Å². The minimum absolute atomic E-state index is 0.342. The summed E-state index contributed by atoms with van der Waals surface area (Å²) in [5.41, 5.74) is 5.64. The quantitative estimate of drug-likeness (QED) is 0.622. The fourth-order valence-corrected chi connectivity index (χ4v) is 2.19. The second kappa shape index (κ2) is 2.36. The SMILES string of the molecule is Cc1ccc2c3c1C=CNC3NC2. The number of hydrogen-bond donors (Lipinski definition) is 2. The van der Waals surface area contributed by atoms with Crippen molar-refractivity contribution in [3.05, 3.63) is 40.6 Å². The molecule has 2 aliphatic heterocycles. The van der Waals surface area contributed by atoms with Gasteiger partial charge in [-0.3, -0.25) is 5.32 Å². The molecule has 2 aliphatic rings. The van der Waals surface area contributed by atoms with Crippen molar-refractivity contribution >= 4 is 6.08 Å².